The van der Waals surface area contributed by atoms with Gasteiger partial charge in [-0.2, -0.15) is 0 Å². The number of carbonyl (C=O) groups is 1. The maximum Gasteiger partial charge on any atom is 0.256 e. The van der Waals surface area contributed by atoms with Crippen molar-refractivity contribution >= 4 is 34.2 Å². The van der Waals surface area contributed by atoms with E-state index in [0.717, 1.165) is 9.64 Å². The first-order valence-electron chi connectivity index (χ1n) is 7.16. The van der Waals surface area contributed by atoms with Crippen molar-refractivity contribution < 1.29 is 13.6 Å². The van der Waals surface area contributed by atoms with Gasteiger partial charge in [-0.25, -0.2) is 8.78 Å². The van der Waals surface area contributed by atoms with Crippen LogP contribution in [0.3, 0.4) is 0 Å². The summed E-state index contributed by atoms with van der Waals surface area (Å²) in [6, 6.07) is 17.8. The van der Waals surface area contributed by atoms with Crippen LogP contribution in [0.5, 0.6) is 0 Å². The zero-order valence-electron chi connectivity index (χ0n) is 12.4. The summed E-state index contributed by atoms with van der Waals surface area (Å²) in [6.07, 6.45) is 0. The Balaban J connectivity index is 2.05. The zero-order chi connectivity index (χ0) is 17.1. The molecule has 0 saturated heterocycles. The molecule has 0 spiro atoms. The van der Waals surface area contributed by atoms with Crippen LogP contribution < -0.4 is 5.32 Å². The fourth-order valence-electron chi connectivity index (χ4n) is 2.37. The van der Waals surface area contributed by atoms with Crippen molar-refractivity contribution in [3.05, 3.63) is 87.5 Å². The van der Waals surface area contributed by atoms with E-state index in [0.29, 0.717) is 16.7 Å². The summed E-state index contributed by atoms with van der Waals surface area (Å²) in [5.41, 5.74) is 1.31. The van der Waals surface area contributed by atoms with Gasteiger partial charge in [0, 0.05) is 15.2 Å². The summed E-state index contributed by atoms with van der Waals surface area (Å²) in [5.74, 6) is -1.95. The highest BCUT2D eigenvalue weighted by Gasteiger charge is 2.17. The number of hydrogen-bond donors (Lipinski definition) is 1. The Bertz CT molecular complexity index is 897. The summed E-state index contributed by atoms with van der Waals surface area (Å²) in [7, 11) is 0. The van der Waals surface area contributed by atoms with Crippen molar-refractivity contribution in [2.45, 2.75) is 0 Å². The highest BCUT2D eigenvalue weighted by atomic mass is 127. The van der Waals surface area contributed by atoms with Crippen molar-refractivity contribution in [2.75, 3.05) is 5.32 Å². The van der Waals surface area contributed by atoms with Crippen LogP contribution in [0, 0.1) is 15.2 Å². The highest BCUT2D eigenvalue weighted by molar-refractivity contribution is 14.1. The third-order valence-corrected chi connectivity index (χ3v) is 4.44. The molecule has 0 aliphatic carbocycles. The molecule has 5 heteroatoms. The fourth-order valence-corrected chi connectivity index (χ4v) is 3.00. The van der Waals surface area contributed by atoms with Gasteiger partial charge in [0.15, 0.2) is 0 Å². The average Bonchev–Trinajstić information content (AvgIpc) is 2.58. The van der Waals surface area contributed by atoms with Crippen molar-refractivity contribution in [2.24, 2.45) is 0 Å². The Hall–Kier alpha value is -2.28. The number of carbonyl (C=O) groups excluding carboxylic acids is 1. The quantitative estimate of drug-likeness (QED) is 0.542. The third kappa shape index (κ3) is 3.46. The van der Waals surface area contributed by atoms with E-state index < -0.39 is 17.5 Å². The van der Waals surface area contributed by atoms with Crippen LogP contribution in [0.25, 0.3) is 11.1 Å². The van der Waals surface area contributed by atoms with Gasteiger partial charge >= 0.3 is 0 Å². The first-order chi connectivity index (χ1) is 11.6. The van der Waals surface area contributed by atoms with Crippen LogP contribution in [0.4, 0.5) is 14.5 Å². The van der Waals surface area contributed by atoms with Gasteiger partial charge in [-0.1, -0.05) is 42.5 Å². The maximum absolute atomic E-state index is 14.3. The molecule has 0 atom stereocenters. The molecule has 3 rings (SSSR count). The van der Waals surface area contributed by atoms with Gasteiger partial charge in [0.1, 0.15) is 11.6 Å². The van der Waals surface area contributed by atoms with E-state index in [1.54, 1.807) is 42.5 Å². The van der Waals surface area contributed by atoms with E-state index in [-0.39, 0.29) is 5.69 Å². The minimum atomic E-state index is -0.812. The van der Waals surface area contributed by atoms with E-state index in [4.69, 9.17) is 0 Å². The number of hydrogen-bond acceptors (Lipinski definition) is 1. The summed E-state index contributed by atoms with van der Waals surface area (Å²) < 4.78 is 28.7. The molecule has 0 aliphatic rings. The molecule has 0 heterocycles. The van der Waals surface area contributed by atoms with Gasteiger partial charge in [0.05, 0.1) is 11.3 Å². The number of rotatable bonds is 3. The fraction of sp³-hybridized carbons (Fsp3) is 0. The molecular formula is C19H12F2INO. The van der Waals surface area contributed by atoms with E-state index in [9.17, 15) is 13.6 Å². The molecule has 3 aromatic rings. The molecule has 120 valence electrons. The summed E-state index contributed by atoms with van der Waals surface area (Å²) >= 11 is 2.04. The van der Waals surface area contributed by atoms with Gasteiger partial charge in [-0.05, 0) is 46.4 Å². The lowest BCUT2D eigenvalue weighted by atomic mass is 10.0. The smallest absolute Gasteiger partial charge is 0.256 e. The Labute approximate surface area is 151 Å². The van der Waals surface area contributed by atoms with Crippen molar-refractivity contribution in [1.82, 2.24) is 0 Å². The molecule has 2 nitrogen and oxygen atoms in total. The lowest BCUT2D eigenvalue weighted by Gasteiger charge is -2.13. The van der Waals surface area contributed by atoms with Gasteiger partial charge in [-0.15, -0.1) is 0 Å². The van der Waals surface area contributed by atoms with E-state index in [2.05, 4.69) is 5.32 Å². The van der Waals surface area contributed by atoms with Gasteiger partial charge in [0.2, 0.25) is 0 Å². The molecule has 3 aromatic carbocycles. The van der Waals surface area contributed by atoms with Gasteiger partial charge < -0.3 is 5.32 Å². The van der Waals surface area contributed by atoms with Crippen LogP contribution >= 0.6 is 22.6 Å². The largest absolute Gasteiger partial charge is 0.319 e. The number of nitrogens with one attached hydrogen (secondary N) is 1. The van der Waals surface area contributed by atoms with Crippen molar-refractivity contribution in [3.8, 4) is 11.1 Å². The molecule has 0 aromatic heterocycles. The lowest BCUT2D eigenvalue weighted by molar-refractivity contribution is 0.102. The molecule has 0 radical (unpaired) electrons. The molecule has 24 heavy (non-hydrogen) atoms. The molecular weight excluding hydrogens is 423 g/mol. The Morgan fingerprint density at radius 1 is 0.917 bits per heavy atom. The first-order valence-corrected chi connectivity index (χ1v) is 8.24. The number of halogens is 3. The van der Waals surface area contributed by atoms with Crippen LogP contribution in [0.15, 0.2) is 66.7 Å². The monoisotopic (exact) mass is 435 g/mol. The minimum absolute atomic E-state index is 0.0350. The minimum Gasteiger partial charge on any atom is -0.319 e. The topological polar surface area (TPSA) is 29.1 Å². The number of benzene rings is 3. The van der Waals surface area contributed by atoms with Crippen LogP contribution in [0.1, 0.15) is 10.4 Å². The van der Waals surface area contributed by atoms with Gasteiger partial charge in [0.25, 0.3) is 5.91 Å². The van der Waals surface area contributed by atoms with E-state index in [1.807, 2.05) is 34.7 Å². The lowest BCUT2D eigenvalue weighted by Crippen LogP contribution is -2.15. The highest BCUT2D eigenvalue weighted by Crippen LogP contribution is 2.32. The first kappa shape index (κ1) is 16.6. The number of amides is 1. The maximum atomic E-state index is 14.3. The van der Waals surface area contributed by atoms with E-state index >= 15 is 0 Å². The standard InChI is InChI=1S/C19H12F2INO/c20-13-10-15(12-6-2-1-3-7-12)18(16(21)11-13)23-19(24)14-8-4-5-9-17(14)22/h1-11H,(H,23,24). The molecule has 0 aliphatic heterocycles. The second kappa shape index (κ2) is 7.09. The van der Waals surface area contributed by atoms with Crippen molar-refractivity contribution in [3.63, 3.8) is 0 Å². The van der Waals surface area contributed by atoms with Crippen LogP contribution in [0.2, 0.25) is 0 Å². The summed E-state index contributed by atoms with van der Waals surface area (Å²) in [5, 5.41) is 2.58. The molecule has 1 amide bonds. The van der Waals surface area contributed by atoms with Crippen molar-refractivity contribution in [1.29, 1.82) is 0 Å². The van der Waals surface area contributed by atoms with Crippen LogP contribution in [-0.4, -0.2) is 5.91 Å². The Morgan fingerprint density at radius 3 is 2.29 bits per heavy atom. The predicted octanol–water partition coefficient (Wildman–Crippen LogP) is 5.49. The van der Waals surface area contributed by atoms with E-state index in [1.165, 1.54) is 6.07 Å². The Kier molecular flexibility index (Phi) is 4.89. The normalized spacial score (nSPS) is 10.5. The average molecular weight is 435 g/mol. The second-order valence-electron chi connectivity index (χ2n) is 5.11. The predicted molar refractivity (Wildman–Crippen MR) is 98.9 cm³/mol. The SMILES string of the molecule is O=C(Nc1c(F)cc(F)cc1-c1ccccc1)c1ccccc1I. The summed E-state index contributed by atoms with van der Waals surface area (Å²) in [4.78, 5) is 12.5. The molecule has 0 bridgehead atoms. The van der Waals surface area contributed by atoms with Gasteiger partial charge in [-0.3, -0.25) is 4.79 Å². The summed E-state index contributed by atoms with van der Waals surface area (Å²) in [6.45, 7) is 0. The Morgan fingerprint density at radius 2 is 1.58 bits per heavy atom. The zero-order valence-corrected chi connectivity index (χ0v) is 14.6. The molecule has 0 unspecified atom stereocenters. The third-order valence-electron chi connectivity index (χ3n) is 3.50. The molecule has 0 fully saturated rings. The number of anilines is 1. The molecule has 0 saturated carbocycles. The van der Waals surface area contributed by atoms with Crippen LogP contribution in [-0.2, 0) is 0 Å². The second-order valence-corrected chi connectivity index (χ2v) is 6.27. The molecule has 1 N–H and O–H groups in total.